The van der Waals surface area contributed by atoms with E-state index < -0.39 is 0 Å². The van der Waals surface area contributed by atoms with Crippen LogP contribution in [0, 0.1) is 12.8 Å². The Bertz CT molecular complexity index is 366. The van der Waals surface area contributed by atoms with Crippen LogP contribution in [0.5, 0.6) is 0 Å². The zero-order chi connectivity index (χ0) is 12.1. The first-order valence-electron chi connectivity index (χ1n) is 5.34. The number of rotatable bonds is 4. The third kappa shape index (κ3) is 3.49. The SMILES string of the molecule is Cc1cc(C(=O)NC(CCl)C(C)C)ccn1. The van der Waals surface area contributed by atoms with Crippen molar-refractivity contribution in [2.45, 2.75) is 26.8 Å². The summed E-state index contributed by atoms with van der Waals surface area (Å²) in [6.07, 6.45) is 1.63. The Morgan fingerprint density at radius 2 is 2.25 bits per heavy atom. The van der Waals surface area contributed by atoms with Crippen LogP contribution in [0.15, 0.2) is 18.3 Å². The lowest BCUT2D eigenvalue weighted by Crippen LogP contribution is -2.39. The molecular weight excluding hydrogens is 224 g/mol. The first kappa shape index (κ1) is 13.0. The Morgan fingerprint density at radius 1 is 1.56 bits per heavy atom. The second kappa shape index (κ2) is 5.85. The molecule has 1 atom stereocenters. The fourth-order valence-corrected chi connectivity index (χ4v) is 1.76. The molecule has 88 valence electrons. The number of nitrogens with one attached hydrogen (secondary N) is 1. The van der Waals surface area contributed by atoms with E-state index in [1.54, 1.807) is 18.3 Å². The quantitative estimate of drug-likeness (QED) is 0.822. The number of pyridine rings is 1. The summed E-state index contributed by atoms with van der Waals surface area (Å²) in [6.45, 7) is 5.93. The van der Waals surface area contributed by atoms with Gasteiger partial charge in [-0.15, -0.1) is 11.6 Å². The van der Waals surface area contributed by atoms with Crippen molar-refractivity contribution in [2.24, 2.45) is 5.92 Å². The van der Waals surface area contributed by atoms with Crippen molar-refractivity contribution in [3.05, 3.63) is 29.6 Å². The van der Waals surface area contributed by atoms with E-state index in [0.717, 1.165) is 5.69 Å². The average Bonchev–Trinajstić information content (AvgIpc) is 2.25. The predicted octanol–water partition coefficient (Wildman–Crippen LogP) is 2.38. The maximum Gasteiger partial charge on any atom is 0.251 e. The van der Waals surface area contributed by atoms with Crippen LogP contribution in [0.2, 0.25) is 0 Å². The van der Waals surface area contributed by atoms with Crippen LogP contribution in [0.1, 0.15) is 29.9 Å². The summed E-state index contributed by atoms with van der Waals surface area (Å²) in [6, 6.07) is 3.47. The van der Waals surface area contributed by atoms with Crippen molar-refractivity contribution < 1.29 is 4.79 Å². The highest BCUT2D eigenvalue weighted by Crippen LogP contribution is 2.06. The van der Waals surface area contributed by atoms with E-state index in [2.05, 4.69) is 10.3 Å². The van der Waals surface area contributed by atoms with Gasteiger partial charge >= 0.3 is 0 Å². The second-order valence-corrected chi connectivity index (χ2v) is 4.47. The fraction of sp³-hybridized carbons (Fsp3) is 0.500. The van der Waals surface area contributed by atoms with E-state index in [0.29, 0.717) is 17.4 Å². The summed E-state index contributed by atoms with van der Waals surface area (Å²) in [7, 11) is 0. The molecule has 0 aliphatic rings. The number of alkyl halides is 1. The number of carbonyl (C=O) groups is 1. The molecule has 1 N–H and O–H groups in total. The lowest BCUT2D eigenvalue weighted by Gasteiger charge is -2.19. The summed E-state index contributed by atoms with van der Waals surface area (Å²) in [5, 5.41) is 2.91. The molecule has 1 aromatic rings. The highest BCUT2D eigenvalue weighted by atomic mass is 35.5. The molecule has 0 bridgehead atoms. The molecule has 16 heavy (non-hydrogen) atoms. The number of nitrogens with zero attached hydrogens (tertiary/aromatic N) is 1. The number of carbonyl (C=O) groups excluding carboxylic acids is 1. The van der Waals surface area contributed by atoms with Gasteiger partial charge in [-0.1, -0.05) is 13.8 Å². The van der Waals surface area contributed by atoms with E-state index in [9.17, 15) is 4.79 Å². The lowest BCUT2D eigenvalue weighted by molar-refractivity contribution is 0.0931. The molecule has 1 heterocycles. The van der Waals surface area contributed by atoms with Crippen LogP contribution in [0.3, 0.4) is 0 Å². The predicted molar refractivity (Wildman–Crippen MR) is 65.8 cm³/mol. The maximum absolute atomic E-state index is 11.9. The van der Waals surface area contributed by atoms with E-state index in [1.807, 2.05) is 20.8 Å². The molecular formula is C12H17ClN2O. The molecule has 0 saturated heterocycles. The maximum atomic E-state index is 11.9. The van der Waals surface area contributed by atoms with Crippen LogP contribution >= 0.6 is 11.6 Å². The molecule has 4 heteroatoms. The molecule has 0 saturated carbocycles. The molecule has 0 radical (unpaired) electrons. The first-order chi connectivity index (χ1) is 7.54. The van der Waals surface area contributed by atoms with Gasteiger partial charge in [-0.2, -0.15) is 0 Å². The van der Waals surface area contributed by atoms with Crippen LogP contribution in [-0.2, 0) is 0 Å². The summed E-state index contributed by atoms with van der Waals surface area (Å²) >= 11 is 5.80. The first-order valence-corrected chi connectivity index (χ1v) is 5.87. The van der Waals surface area contributed by atoms with Gasteiger partial charge in [0.1, 0.15) is 0 Å². The number of hydrogen-bond acceptors (Lipinski definition) is 2. The number of halogens is 1. The molecule has 1 amide bonds. The second-order valence-electron chi connectivity index (χ2n) is 4.16. The normalized spacial score (nSPS) is 12.6. The van der Waals surface area contributed by atoms with Gasteiger partial charge in [0.05, 0.1) is 0 Å². The molecule has 1 rings (SSSR count). The van der Waals surface area contributed by atoms with E-state index in [1.165, 1.54) is 0 Å². The Hall–Kier alpha value is -1.09. The molecule has 0 spiro atoms. The number of aromatic nitrogens is 1. The highest BCUT2D eigenvalue weighted by Gasteiger charge is 2.15. The van der Waals surface area contributed by atoms with Gasteiger partial charge in [0.2, 0.25) is 0 Å². The minimum Gasteiger partial charge on any atom is -0.348 e. The minimum absolute atomic E-state index is 0.00244. The summed E-state index contributed by atoms with van der Waals surface area (Å²) in [4.78, 5) is 15.9. The number of aryl methyl sites for hydroxylation is 1. The van der Waals surface area contributed by atoms with Gasteiger partial charge in [0.15, 0.2) is 0 Å². The Kier molecular flexibility index (Phi) is 4.74. The lowest BCUT2D eigenvalue weighted by atomic mass is 10.1. The highest BCUT2D eigenvalue weighted by molar-refractivity contribution is 6.18. The minimum atomic E-state index is -0.0927. The van der Waals surface area contributed by atoms with Crippen molar-refractivity contribution >= 4 is 17.5 Å². The summed E-state index contributed by atoms with van der Waals surface area (Å²) in [5.74, 6) is 0.655. The molecule has 0 aliphatic heterocycles. The third-order valence-electron chi connectivity index (χ3n) is 2.45. The fourth-order valence-electron chi connectivity index (χ4n) is 1.32. The van der Waals surface area contributed by atoms with Gasteiger partial charge in [-0.25, -0.2) is 0 Å². The van der Waals surface area contributed by atoms with Gasteiger partial charge in [0.25, 0.3) is 5.91 Å². The Labute approximate surface area is 101 Å². The zero-order valence-electron chi connectivity index (χ0n) is 9.83. The monoisotopic (exact) mass is 240 g/mol. The third-order valence-corrected chi connectivity index (χ3v) is 2.78. The van der Waals surface area contributed by atoms with Gasteiger partial charge in [-0.3, -0.25) is 9.78 Å². The molecule has 1 unspecified atom stereocenters. The van der Waals surface area contributed by atoms with Crippen molar-refractivity contribution in [2.75, 3.05) is 5.88 Å². The summed E-state index contributed by atoms with van der Waals surface area (Å²) < 4.78 is 0. The van der Waals surface area contributed by atoms with Crippen LogP contribution in [0.25, 0.3) is 0 Å². The van der Waals surface area contributed by atoms with E-state index >= 15 is 0 Å². The number of amides is 1. The topological polar surface area (TPSA) is 42.0 Å². The van der Waals surface area contributed by atoms with Crippen molar-refractivity contribution in [3.8, 4) is 0 Å². The molecule has 0 fully saturated rings. The van der Waals surface area contributed by atoms with Crippen LogP contribution < -0.4 is 5.32 Å². The molecule has 0 aliphatic carbocycles. The zero-order valence-corrected chi connectivity index (χ0v) is 10.6. The average molecular weight is 241 g/mol. The molecule has 3 nitrogen and oxygen atoms in total. The van der Waals surface area contributed by atoms with Crippen molar-refractivity contribution in [1.82, 2.24) is 10.3 Å². The molecule has 0 aromatic carbocycles. The van der Waals surface area contributed by atoms with Crippen LogP contribution in [0.4, 0.5) is 0 Å². The van der Waals surface area contributed by atoms with Crippen molar-refractivity contribution in [1.29, 1.82) is 0 Å². The van der Waals surface area contributed by atoms with E-state index in [4.69, 9.17) is 11.6 Å². The Balaban J connectivity index is 2.72. The van der Waals surface area contributed by atoms with Crippen molar-refractivity contribution in [3.63, 3.8) is 0 Å². The van der Waals surface area contributed by atoms with Gasteiger partial charge in [0, 0.05) is 29.4 Å². The smallest absolute Gasteiger partial charge is 0.251 e. The largest absolute Gasteiger partial charge is 0.348 e. The summed E-state index contributed by atoms with van der Waals surface area (Å²) in [5.41, 5.74) is 1.46. The standard InChI is InChI=1S/C12H17ClN2O/c1-8(2)11(7-13)15-12(16)10-4-5-14-9(3)6-10/h4-6,8,11H,7H2,1-3H3,(H,15,16). The number of hydrogen-bond donors (Lipinski definition) is 1. The van der Waals surface area contributed by atoms with Gasteiger partial charge in [-0.05, 0) is 25.0 Å². The van der Waals surface area contributed by atoms with Gasteiger partial charge < -0.3 is 5.32 Å². The Morgan fingerprint density at radius 3 is 2.75 bits per heavy atom. The van der Waals surface area contributed by atoms with E-state index in [-0.39, 0.29) is 11.9 Å². The van der Waals surface area contributed by atoms with Crippen LogP contribution in [-0.4, -0.2) is 22.8 Å². The molecule has 1 aromatic heterocycles.